The molecular formula is C18H15ClN2OS. The Morgan fingerprint density at radius 1 is 1.13 bits per heavy atom. The molecule has 1 saturated heterocycles. The minimum absolute atomic E-state index is 0.00549. The minimum atomic E-state index is -0.00549. The largest absolute Gasteiger partial charge is 0.287 e. The van der Waals surface area contributed by atoms with Crippen molar-refractivity contribution < 1.29 is 4.79 Å². The monoisotopic (exact) mass is 342 g/mol. The number of thioether (sulfide) groups is 1. The Bertz CT molecular complexity index is 769. The standard InChI is InChI=1S/C18H15ClN2OS/c1-2-21-17(22)16(12-13-6-4-3-5-7-13)23-18(21)20-15-10-8-14(19)9-11-15/h3-12H,2H2,1H3/b16-12+,20-18?. The molecule has 2 aromatic carbocycles. The number of rotatable bonds is 3. The van der Waals surface area contributed by atoms with Gasteiger partial charge < -0.3 is 0 Å². The second-order valence-corrected chi connectivity index (χ2v) is 6.39. The van der Waals surface area contributed by atoms with Gasteiger partial charge >= 0.3 is 0 Å². The number of benzene rings is 2. The zero-order chi connectivity index (χ0) is 16.2. The summed E-state index contributed by atoms with van der Waals surface area (Å²) in [6.07, 6.45) is 1.90. The van der Waals surface area contributed by atoms with Crippen LogP contribution in [-0.2, 0) is 4.79 Å². The van der Waals surface area contributed by atoms with Gasteiger partial charge in [-0.1, -0.05) is 41.9 Å². The van der Waals surface area contributed by atoms with E-state index in [0.29, 0.717) is 21.6 Å². The highest BCUT2D eigenvalue weighted by molar-refractivity contribution is 8.18. The fraction of sp³-hybridized carbons (Fsp3) is 0.111. The molecule has 0 aliphatic carbocycles. The van der Waals surface area contributed by atoms with Crippen LogP contribution in [0.25, 0.3) is 6.08 Å². The molecule has 5 heteroatoms. The second kappa shape index (κ2) is 7.02. The number of carbonyl (C=O) groups is 1. The number of carbonyl (C=O) groups excluding carboxylic acids is 1. The number of hydrogen-bond acceptors (Lipinski definition) is 3. The molecule has 0 spiro atoms. The van der Waals surface area contributed by atoms with Gasteiger partial charge in [0.15, 0.2) is 5.17 Å². The normalized spacial score (nSPS) is 18.2. The number of halogens is 1. The van der Waals surface area contributed by atoms with Crippen molar-refractivity contribution in [3.05, 3.63) is 70.1 Å². The van der Waals surface area contributed by atoms with Crippen molar-refractivity contribution in [3.63, 3.8) is 0 Å². The summed E-state index contributed by atoms with van der Waals surface area (Å²) in [4.78, 5) is 19.5. The van der Waals surface area contributed by atoms with E-state index >= 15 is 0 Å². The van der Waals surface area contributed by atoms with Crippen molar-refractivity contribution in [1.82, 2.24) is 4.90 Å². The fourth-order valence-corrected chi connectivity index (χ4v) is 3.39. The quantitative estimate of drug-likeness (QED) is 0.738. The molecule has 23 heavy (non-hydrogen) atoms. The summed E-state index contributed by atoms with van der Waals surface area (Å²) in [7, 11) is 0. The first-order chi connectivity index (χ1) is 11.2. The first-order valence-electron chi connectivity index (χ1n) is 7.28. The minimum Gasteiger partial charge on any atom is -0.287 e. The van der Waals surface area contributed by atoms with E-state index < -0.39 is 0 Å². The van der Waals surface area contributed by atoms with Crippen molar-refractivity contribution in [1.29, 1.82) is 0 Å². The highest BCUT2D eigenvalue weighted by atomic mass is 35.5. The highest BCUT2D eigenvalue weighted by Gasteiger charge is 2.32. The van der Waals surface area contributed by atoms with E-state index in [0.717, 1.165) is 11.3 Å². The number of likely N-dealkylation sites (N-methyl/N-ethyl adjacent to an activating group) is 1. The molecule has 0 unspecified atom stereocenters. The van der Waals surface area contributed by atoms with E-state index in [1.54, 1.807) is 17.0 Å². The maximum Gasteiger partial charge on any atom is 0.266 e. The number of aliphatic imine (C=N–C) groups is 1. The van der Waals surface area contributed by atoms with Gasteiger partial charge in [-0.2, -0.15) is 0 Å². The third-order valence-corrected chi connectivity index (χ3v) is 4.61. The van der Waals surface area contributed by atoms with Gasteiger partial charge in [0.05, 0.1) is 10.6 Å². The Morgan fingerprint density at radius 2 is 1.83 bits per heavy atom. The Labute approximate surface area is 144 Å². The van der Waals surface area contributed by atoms with Crippen molar-refractivity contribution in [2.75, 3.05) is 6.54 Å². The van der Waals surface area contributed by atoms with Crippen LogP contribution in [-0.4, -0.2) is 22.5 Å². The van der Waals surface area contributed by atoms with E-state index in [4.69, 9.17) is 11.6 Å². The van der Waals surface area contributed by atoms with Crippen LogP contribution in [0.1, 0.15) is 12.5 Å². The summed E-state index contributed by atoms with van der Waals surface area (Å²) >= 11 is 7.29. The summed E-state index contributed by atoms with van der Waals surface area (Å²) in [6, 6.07) is 17.1. The van der Waals surface area contributed by atoms with Crippen LogP contribution >= 0.6 is 23.4 Å². The molecule has 0 bridgehead atoms. The third kappa shape index (κ3) is 3.66. The lowest BCUT2D eigenvalue weighted by Crippen LogP contribution is -2.28. The van der Waals surface area contributed by atoms with Gasteiger partial charge in [0.2, 0.25) is 0 Å². The first kappa shape index (κ1) is 15.8. The van der Waals surface area contributed by atoms with Crippen LogP contribution in [0.3, 0.4) is 0 Å². The van der Waals surface area contributed by atoms with Crippen molar-refractivity contribution in [2.24, 2.45) is 4.99 Å². The van der Waals surface area contributed by atoms with E-state index in [1.807, 2.05) is 55.5 Å². The van der Waals surface area contributed by atoms with E-state index in [1.165, 1.54) is 11.8 Å². The molecule has 3 rings (SSSR count). The van der Waals surface area contributed by atoms with Gasteiger partial charge in [-0.25, -0.2) is 4.99 Å². The number of amidine groups is 1. The molecule has 1 aliphatic rings. The van der Waals surface area contributed by atoms with E-state index in [9.17, 15) is 4.79 Å². The predicted octanol–water partition coefficient (Wildman–Crippen LogP) is 4.96. The summed E-state index contributed by atoms with van der Waals surface area (Å²) < 4.78 is 0. The van der Waals surface area contributed by atoms with Gasteiger partial charge in [-0.15, -0.1) is 0 Å². The summed E-state index contributed by atoms with van der Waals surface area (Å²) in [5, 5.41) is 1.36. The highest BCUT2D eigenvalue weighted by Crippen LogP contribution is 2.34. The molecular weight excluding hydrogens is 328 g/mol. The van der Waals surface area contributed by atoms with Gasteiger partial charge in [0.25, 0.3) is 5.91 Å². The van der Waals surface area contributed by atoms with Crippen LogP contribution in [0.15, 0.2) is 64.5 Å². The molecule has 0 N–H and O–H groups in total. The van der Waals surface area contributed by atoms with Crippen LogP contribution in [0.4, 0.5) is 5.69 Å². The Kier molecular flexibility index (Phi) is 4.84. The molecule has 1 aliphatic heterocycles. The summed E-state index contributed by atoms with van der Waals surface area (Å²) in [5.74, 6) is -0.00549. The molecule has 3 nitrogen and oxygen atoms in total. The van der Waals surface area contributed by atoms with Crippen LogP contribution in [0.5, 0.6) is 0 Å². The van der Waals surface area contributed by atoms with Crippen LogP contribution in [0.2, 0.25) is 5.02 Å². The van der Waals surface area contributed by atoms with Crippen molar-refractivity contribution >= 4 is 46.2 Å². The van der Waals surface area contributed by atoms with Gasteiger partial charge in [-0.3, -0.25) is 9.69 Å². The maximum absolute atomic E-state index is 12.5. The zero-order valence-electron chi connectivity index (χ0n) is 12.6. The fourth-order valence-electron chi connectivity index (χ4n) is 2.20. The third-order valence-electron chi connectivity index (χ3n) is 3.35. The Morgan fingerprint density at radius 3 is 2.48 bits per heavy atom. The Hall–Kier alpha value is -2.04. The molecule has 0 saturated carbocycles. The zero-order valence-corrected chi connectivity index (χ0v) is 14.1. The molecule has 0 radical (unpaired) electrons. The Balaban J connectivity index is 1.91. The van der Waals surface area contributed by atoms with Crippen LogP contribution < -0.4 is 0 Å². The molecule has 0 aromatic heterocycles. The van der Waals surface area contributed by atoms with Crippen molar-refractivity contribution in [3.8, 4) is 0 Å². The summed E-state index contributed by atoms with van der Waals surface area (Å²) in [5.41, 5.74) is 1.79. The molecule has 0 atom stereocenters. The first-order valence-corrected chi connectivity index (χ1v) is 8.47. The summed E-state index contributed by atoms with van der Waals surface area (Å²) in [6.45, 7) is 2.53. The molecule has 116 valence electrons. The van der Waals surface area contributed by atoms with Crippen molar-refractivity contribution in [2.45, 2.75) is 6.92 Å². The molecule has 1 amide bonds. The maximum atomic E-state index is 12.5. The van der Waals surface area contributed by atoms with Gasteiger partial charge in [0, 0.05) is 11.6 Å². The molecule has 1 fully saturated rings. The molecule has 2 aromatic rings. The molecule has 1 heterocycles. The number of hydrogen-bond donors (Lipinski definition) is 0. The van der Waals surface area contributed by atoms with E-state index in [-0.39, 0.29) is 5.91 Å². The topological polar surface area (TPSA) is 32.7 Å². The van der Waals surface area contributed by atoms with Gasteiger partial charge in [0.1, 0.15) is 0 Å². The second-order valence-electron chi connectivity index (χ2n) is 4.94. The lowest BCUT2D eigenvalue weighted by atomic mass is 10.2. The predicted molar refractivity (Wildman–Crippen MR) is 97.9 cm³/mol. The average Bonchev–Trinajstić information content (AvgIpc) is 2.85. The smallest absolute Gasteiger partial charge is 0.266 e. The SMILES string of the molecule is CCN1C(=O)/C(=C\c2ccccc2)SC1=Nc1ccc(Cl)cc1. The number of amides is 1. The van der Waals surface area contributed by atoms with E-state index in [2.05, 4.69) is 4.99 Å². The van der Waals surface area contributed by atoms with Gasteiger partial charge in [-0.05, 0) is 54.6 Å². The lowest BCUT2D eigenvalue weighted by Gasteiger charge is -2.11. The average molecular weight is 343 g/mol. The number of nitrogens with zero attached hydrogens (tertiary/aromatic N) is 2. The van der Waals surface area contributed by atoms with Crippen LogP contribution in [0, 0.1) is 0 Å². The lowest BCUT2D eigenvalue weighted by molar-refractivity contribution is -0.122.